The molecule has 2 aromatic heterocycles. The van der Waals surface area contributed by atoms with Crippen LogP contribution in [0.5, 0.6) is 0 Å². The van der Waals surface area contributed by atoms with Gasteiger partial charge in [-0.3, -0.25) is 4.68 Å². The average Bonchev–Trinajstić information content (AvgIpc) is 3.35. The Hall–Kier alpha value is -3.42. The topological polar surface area (TPSA) is 61.4 Å². The van der Waals surface area contributed by atoms with Crippen LogP contribution in [0.25, 0.3) is 22.8 Å². The smallest absolute Gasteiger partial charge is 0.184 e. The van der Waals surface area contributed by atoms with E-state index in [1.165, 1.54) is 6.33 Å². The van der Waals surface area contributed by atoms with Crippen molar-refractivity contribution < 1.29 is 8.78 Å². The summed E-state index contributed by atoms with van der Waals surface area (Å²) in [5.41, 5.74) is 2.83. The molecule has 0 atom stereocenters. The molecule has 0 N–H and O–H groups in total. The number of aromatic nitrogens is 6. The lowest BCUT2D eigenvalue weighted by molar-refractivity contribution is 0.573. The Kier molecular flexibility index (Phi) is 7.05. The van der Waals surface area contributed by atoms with Crippen molar-refractivity contribution in [3.63, 3.8) is 0 Å². The van der Waals surface area contributed by atoms with Gasteiger partial charge >= 0.3 is 0 Å². The fourth-order valence-corrected chi connectivity index (χ4v) is 3.24. The maximum Gasteiger partial charge on any atom is 0.184 e. The quantitative estimate of drug-likeness (QED) is 0.402. The molecule has 4 rings (SSSR count). The number of benzene rings is 2. The third-order valence-corrected chi connectivity index (χ3v) is 5.29. The fraction of sp³-hybridized carbons (Fsp3) is 0.360. The fourth-order valence-electron chi connectivity index (χ4n) is 3.24. The van der Waals surface area contributed by atoms with Gasteiger partial charge < -0.3 is 0 Å². The van der Waals surface area contributed by atoms with Gasteiger partial charge in [0.1, 0.15) is 24.3 Å². The van der Waals surface area contributed by atoms with Crippen LogP contribution < -0.4 is 0 Å². The summed E-state index contributed by atoms with van der Waals surface area (Å²) >= 11 is 0. The van der Waals surface area contributed by atoms with Gasteiger partial charge in [0.2, 0.25) is 0 Å². The Bertz CT molecular complexity index is 1230. The second-order valence-corrected chi connectivity index (χ2v) is 9.29. The van der Waals surface area contributed by atoms with E-state index in [1.54, 1.807) is 54.1 Å². The predicted octanol–water partition coefficient (Wildman–Crippen LogP) is 5.66. The zero-order chi connectivity index (χ0) is 24.3. The van der Waals surface area contributed by atoms with Crippen LogP contribution in [0.1, 0.15) is 51.7 Å². The maximum absolute atomic E-state index is 14.0. The van der Waals surface area contributed by atoms with Crippen molar-refractivity contribution in [2.45, 2.75) is 46.0 Å². The van der Waals surface area contributed by atoms with Gasteiger partial charge in [-0.25, -0.2) is 23.4 Å². The molecule has 174 valence electrons. The third-order valence-electron chi connectivity index (χ3n) is 5.29. The number of hydrogen-bond acceptors (Lipinski definition) is 4. The van der Waals surface area contributed by atoms with Crippen LogP contribution in [0, 0.1) is 11.6 Å². The predicted molar refractivity (Wildman–Crippen MR) is 126 cm³/mol. The molecule has 2 aromatic carbocycles. The summed E-state index contributed by atoms with van der Waals surface area (Å²) < 4.78 is 31.0. The molecule has 0 radical (unpaired) electrons. The van der Waals surface area contributed by atoms with Gasteiger partial charge in [-0.1, -0.05) is 46.8 Å². The van der Waals surface area contributed by atoms with Crippen LogP contribution in [0.4, 0.5) is 8.78 Å². The van der Waals surface area contributed by atoms with Gasteiger partial charge in [-0.05, 0) is 46.7 Å². The molecule has 4 aromatic rings. The number of hydrogen-bond donors (Lipinski definition) is 0. The summed E-state index contributed by atoms with van der Waals surface area (Å²) in [6, 6.07) is 10.5. The van der Waals surface area contributed by atoms with Crippen molar-refractivity contribution in [1.82, 2.24) is 29.5 Å². The first-order chi connectivity index (χ1) is 15.5. The first kappa shape index (κ1) is 24.2. The van der Waals surface area contributed by atoms with Crippen molar-refractivity contribution in [3.05, 3.63) is 71.8 Å². The van der Waals surface area contributed by atoms with Crippen LogP contribution in [-0.4, -0.2) is 29.5 Å². The van der Waals surface area contributed by atoms with Crippen LogP contribution in [0.3, 0.4) is 0 Å². The minimum absolute atomic E-state index is 0.0586. The Morgan fingerprint density at radius 2 is 1.55 bits per heavy atom. The third kappa shape index (κ3) is 5.69. The molecule has 8 heteroatoms. The van der Waals surface area contributed by atoms with Gasteiger partial charge in [-0.2, -0.15) is 10.2 Å². The standard InChI is InChI=1S/C13H16FN3.C12H14FN3/c1-13(2,3)9-5-6-10(11(14)7-9)12-15-8-17(4)16-12;1-8(2)9-4-5-10(11(13)6-9)12-14-7-15-16(12)3/h5-8H,1-4H3;4-8H,1-3H3. The molecular formula is C25H30F2N6. The molecule has 0 spiro atoms. The lowest BCUT2D eigenvalue weighted by Crippen LogP contribution is -2.11. The minimum Gasteiger partial charge on any atom is -0.255 e. The number of aryl methyl sites for hydroxylation is 2. The Labute approximate surface area is 193 Å². The van der Waals surface area contributed by atoms with Gasteiger partial charge in [0, 0.05) is 14.1 Å². The largest absolute Gasteiger partial charge is 0.255 e. The van der Waals surface area contributed by atoms with E-state index in [-0.39, 0.29) is 17.0 Å². The summed E-state index contributed by atoms with van der Waals surface area (Å²) in [7, 11) is 3.51. The lowest BCUT2D eigenvalue weighted by Gasteiger charge is -2.19. The number of halogens is 2. The van der Waals surface area contributed by atoms with E-state index in [0.29, 0.717) is 28.7 Å². The molecule has 0 unspecified atom stereocenters. The summed E-state index contributed by atoms with van der Waals surface area (Å²) in [5, 5.41) is 8.03. The van der Waals surface area contributed by atoms with E-state index in [9.17, 15) is 8.78 Å². The molecule has 33 heavy (non-hydrogen) atoms. The van der Waals surface area contributed by atoms with E-state index in [0.717, 1.165) is 11.1 Å². The van der Waals surface area contributed by atoms with Crippen LogP contribution in [-0.2, 0) is 19.5 Å². The van der Waals surface area contributed by atoms with Crippen molar-refractivity contribution in [1.29, 1.82) is 0 Å². The summed E-state index contributed by atoms with van der Waals surface area (Å²) in [6.07, 6.45) is 2.98. The van der Waals surface area contributed by atoms with Crippen molar-refractivity contribution in [2.75, 3.05) is 0 Å². The summed E-state index contributed by atoms with van der Waals surface area (Å²) in [5.74, 6) is 0.771. The Morgan fingerprint density at radius 3 is 2.03 bits per heavy atom. The van der Waals surface area contributed by atoms with Crippen LogP contribution >= 0.6 is 0 Å². The highest BCUT2D eigenvalue weighted by Crippen LogP contribution is 2.27. The van der Waals surface area contributed by atoms with Crippen LogP contribution in [0.15, 0.2) is 49.1 Å². The molecule has 2 heterocycles. The average molecular weight is 453 g/mol. The first-order valence-electron chi connectivity index (χ1n) is 10.8. The van der Waals surface area contributed by atoms with Gasteiger partial charge in [-0.15, -0.1) is 0 Å². The normalized spacial score (nSPS) is 11.5. The SMILES string of the molecule is CC(C)c1ccc(-c2ncnn2C)c(F)c1.Cn1cnc(-c2ccc(C(C)(C)C)cc2F)n1. The van der Waals surface area contributed by atoms with E-state index in [4.69, 9.17) is 0 Å². The van der Waals surface area contributed by atoms with E-state index >= 15 is 0 Å². The molecular weight excluding hydrogens is 422 g/mol. The number of nitrogens with zero attached hydrogens (tertiary/aromatic N) is 6. The molecule has 0 saturated heterocycles. The highest BCUT2D eigenvalue weighted by molar-refractivity contribution is 5.57. The van der Waals surface area contributed by atoms with Crippen molar-refractivity contribution >= 4 is 0 Å². The van der Waals surface area contributed by atoms with Gasteiger partial charge in [0.05, 0.1) is 11.1 Å². The monoisotopic (exact) mass is 452 g/mol. The van der Waals surface area contributed by atoms with Crippen molar-refractivity contribution in [3.8, 4) is 22.8 Å². The molecule has 0 bridgehead atoms. The maximum atomic E-state index is 14.0. The highest BCUT2D eigenvalue weighted by Gasteiger charge is 2.17. The first-order valence-corrected chi connectivity index (χ1v) is 10.8. The Balaban J connectivity index is 0.000000186. The van der Waals surface area contributed by atoms with E-state index in [2.05, 4.69) is 40.9 Å². The molecule has 0 aliphatic rings. The molecule has 0 aliphatic heterocycles. The zero-order valence-corrected chi connectivity index (χ0v) is 20.1. The van der Waals surface area contributed by atoms with E-state index < -0.39 is 0 Å². The zero-order valence-electron chi connectivity index (χ0n) is 20.1. The van der Waals surface area contributed by atoms with Gasteiger partial charge in [0.15, 0.2) is 11.6 Å². The lowest BCUT2D eigenvalue weighted by atomic mass is 9.86. The molecule has 6 nitrogen and oxygen atoms in total. The highest BCUT2D eigenvalue weighted by atomic mass is 19.1. The molecule has 0 fully saturated rings. The molecule has 0 saturated carbocycles. The second-order valence-electron chi connectivity index (χ2n) is 9.29. The van der Waals surface area contributed by atoms with Crippen LogP contribution in [0.2, 0.25) is 0 Å². The van der Waals surface area contributed by atoms with E-state index in [1.807, 2.05) is 26.0 Å². The Morgan fingerprint density at radius 1 is 0.879 bits per heavy atom. The molecule has 0 aliphatic carbocycles. The number of rotatable bonds is 3. The summed E-state index contributed by atoms with van der Waals surface area (Å²) in [6.45, 7) is 10.2. The second kappa shape index (κ2) is 9.60. The van der Waals surface area contributed by atoms with Crippen molar-refractivity contribution in [2.24, 2.45) is 14.1 Å². The molecule has 0 amide bonds. The van der Waals surface area contributed by atoms with Gasteiger partial charge in [0.25, 0.3) is 0 Å². The minimum atomic E-state index is -0.274. The summed E-state index contributed by atoms with van der Waals surface area (Å²) in [4.78, 5) is 8.08.